The van der Waals surface area contributed by atoms with Crippen LogP contribution in [0, 0.1) is 0 Å². The molecule has 1 aliphatic carbocycles. The van der Waals surface area contributed by atoms with Crippen LogP contribution in [0.15, 0.2) is 46.6 Å². The van der Waals surface area contributed by atoms with Crippen molar-refractivity contribution in [3.8, 4) is 0 Å². The molecule has 4 rings (SSSR count). The predicted molar refractivity (Wildman–Crippen MR) is 81.4 cm³/mol. The van der Waals surface area contributed by atoms with Gasteiger partial charge in [-0.1, -0.05) is 36.0 Å². The molecule has 1 atom stereocenters. The van der Waals surface area contributed by atoms with Crippen molar-refractivity contribution in [3.05, 3.63) is 53.9 Å². The summed E-state index contributed by atoms with van der Waals surface area (Å²) in [6.45, 7) is 0.453. The normalized spacial score (nSPS) is 17.4. The van der Waals surface area contributed by atoms with Gasteiger partial charge in [0.1, 0.15) is 19.2 Å². The minimum absolute atomic E-state index is 0.393. The van der Waals surface area contributed by atoms with Crippen molar-refractivity contribution in [1.29, 1.82) is 0 Å². The van der Waals surface area contributed by atoms with E-state index in [0.717, 1.165) is 12.8 Å². The monoisotopic (exact) mass is 313 g/mol. The summed E-state index contributed by atoms with van der Waals surface area (Å²) in [5, 5.41) is 13.3. The molecule has 22 heavy (non-hydrogen) atoms. The van der Waals surface area contributed by atoms with E-state index in [-0.39, 0.29) is 0 Å². The Morgan fingerprint density at radius 2 is 2.23 bits per heavy atom. The van der Waals surface area contributed by atoms with Crippen molar-refractivity contribution in [1.82, 2.24) is 25.0 Å². The van der Waals surface area contributed by atoms with Crippen molar-refractivity contribution in [3.63, 3.8) is 0 Å². The number of fused-ring (bicyclic) bond motifs is 1. The van der Waals surface area contributed by atoms with Crippen molar-refractivity contribution >= 4 is 11.8 Å². The van der Waals surface area contributed by atoms with Crippen LogP contribution in [-0.2, 0) is 13.0 Å². The zero-order chi connectivity index (χ0) is 14.8. The number of nitrogens with zero attached hydrogens (tertiary/aromatic N) is 5. The molecular weight excluding hydrogens is 298 g/mol. The summed E-state index contributed by atoms with van der Waals surface area (Å²) >= 11 is 1.66. The molecule has 0 unspecified atom stereocenters. The fraction of sp³-hybridized carbons (Fsp3) is 0.333. The minimum atomic E-state index is 0.393. The number of rotatable bonds is 4. The van der Waals surface area contributed by atoms with Crippen molar-refractivity contribution < 1.29 is 4.42 Å². The van der Waals surface area contributed by atoms with E-state index in [1.165, 1.54) is 23.9 Å². The quantitative estimate of drug-likeness (QED) is 0.737. The highest BCUT2D eigenvalue weighted by atomic mass is 32.2. The van der Waals surface area contributed by atoms with Crippen molar-refractivity contribution in [2.75, 3.05) is 0 Å². The van der Waals surface area contributed by atoms with Crippen LogP contribution in [0.2, 0.25) is 0 Å². The third-order valence-electron chi connectivity index (χ3n) is 3.77. The summed E-state index contributed by atoms with van der Waals surface area (Å²) < 4.78 is 7.39. The van der Waals surface area contributed by atoms with Gasteiger partial charge in [-0.05, 0) is 30.4 Å². The Balaban J connectivity index is 1.49. The van der Waals surface area contributed by atoms with E-state index >= 15 is 0 Å². The van der Waals surface area contributed by atoms with E-state index < -0.39 is 0 Å². The van der Waals surface area contributed by atoms with Crippen molar-refractivity contribution in [2.24, 2.45) is 0 Å². The molecule has 3 aromatic rings. The first-order valence-corrected chi connectivity index (χ1v) is 8.16. The lowest BCUT2D eigenvalue weighted by Crippen LogP contribution is -2.06. The molecule has 0 radical (unpaired) electrons. The summed E-state index contributed by atoms with van der Waals surface area (Å²) in [5.74, 6) is 0.553. The molecule has 2 heterocycles. The molecule has 6 nitrogen and oxygen atoms in total. The van der Waals surface area contributed by atoms with E-state index in [9.17, 15) is 0 Å². The van der Waals surface area contributed by atoms with Crippen molar-refractivity contribution in [2.45, 2.75) is 36.3 Å². The van der Waals surface area contributed by atoms with E-state index in [4.69, 9.17) is 4.42 Å². The van der Waals surface area contributed by atoms with Gasteiger partial charge in [0.25, 0.3) is 5.22 Å². The summed E-state index contributed by atoms with van der Waals surface area (Å²) in [7, 11) is 0. The van der Waals surface area contributed by atoms with E-state index in [2.05, 4.69) is 44.5 Å². The zero-order valence-corrected chi connectivity index (χ0v) is 12.7. The Bertz CT molecular complexity index is 755. The first-order valence-electron chi connectivity index (χ1n) is 7.28. The smallest absolute Gasteiger partial charge is 0.277 e. The van der Waals surface area contributed by atoms with Gasteiger partial charge in [0.05, 0.1) is 0 Å². The number of thioether (sulfide) groups is 1. The molecule has 0 N–H and O–H groups in total. The molecule has 0 saturated carbocycles. The summed E-state index contributed by atoms with van der Waals surface area (Å²) in [6.07, 6.45) is 6.63. The van der Waals surface area contributed by atoms with Gasteiger partial charge < -0.3 is 4.42 Å². The molecule has 1 aromatic carbocycles. The van der Waals surface area contributed by atoms with Gasteiger partial charge in [-0.3, -0.25) is 0 Å². The summed E-state index contributed by atoms with van der Waals surface area (Å²) in [5.41, 5.74) is 2.84. The fourth-order valence-electron chi connectivity index (χ4n) is 2.76. The highest BCUT2D eigenvalue weighted by Crippen LogP contribution is 2.42. The Morgan fingerprint density at radius 3 is 3.14 bits per heavy atom. The zero-order valence-electron chi connectivity index (χ0n) is 11.9. The maximum absolute atomic E-state index is 5.73. The van der Waals surface area contributed by atoms with Crippen LogP contribution in [0.5, 0.6) is 0 Å². The van der Waals surface area contributed by atoms with Crippen LogP contribution in [0.4, 0.5) is 0 Å². The van der Waals surface area contributed by atoms with Gasteiger partial charge in [-0.15, -0.1) is 10.2 Å². The third-order valence-corrected chi connectivity index (χ3v) is 4.91. The molecule has 0 bridgehead atoms. The van der Waals surface area contributed by atoms with Crippen LogP contribution >= 0.6 is 11.8 Å². The number of hydrogen-bond donors (Lipinski definition) is 0. The number of hydrogen-bond acceptors (Lipinski definition) is 6. The number of aryl methyl sites for hydroxylation is 1. The van der Waals surface area contributed by atoms with Gasteiger partial charge in [0.2, 0.25) is 5.89 Å². The predicted octanol–water partition coefficient (Wildman–Crippen LogP) is 2.88. The van der Waals surface area contributed by atoms with Crippen LogP contribution in [0.3, 0.4) is 0 Å². The van der Waals surface area contributed by atoms with E-state index in [1.54, 1.807) is 22.8 Å². The highest BCUT2D eigenvalue weighted by Gasteiger charge is 2.23. The Kier molecular flexibility index (Phi) is 3.64. The summed E-state index contributed by atoms with van der Waals surface area (Å²) in [6, 6.07) is 8.63. The second-order valence-electron chi connectivity index (χ2n) is 5.25. The largest absolute Gasteiger partial charge is 0.414 e. The lowest BCUT2D eigenvalue weighted by molar-refractivity contribution is 0.396. The van der Waals surface area contributed by atoms with Gasteiger partial charge >= 0.3 is 0 Å². The molecule has 0 aliphatic heterocycles. The molecule has 0 amide bonds. The van der Waals surface area contributed by atoms with Gasteiger partial charge in [-0.2, -0.15) is 5.10 Å². The van der Waals surface area contributed by atoms with Gasteiger partial charge in [-0.25, -0.2) is 9.67 Å². The highest BCUT2D eigenvalue weighted by molar-refractivity contribution is 7.99. The molecule has 0 saturated heterocycles. The molecule has 0 spiro atoms. The minimum Gasteiger partial charge on any atom is -0.414 e. The molecular formula is C15H15N5OS. The van der Waals surface area contributed by atoms with Crippen LogP contribution < -0.4 is 0 Å². The number of benzene rings is 1. The SMILES string of the molecule is c1ccc2c(c1)CCC[C@@H]2Sc1nnc(Cn2cncn2)o1. The second kappa shape index (κ2) is 5.92. The standard InChI is InChI=1S/C15H15N5OS/c1-2-6-12-11(4-1)5-3-7-13(12)22-15-19-18-14(21-15)8-20-10-16-9-17-20/h1-2,4,6,9-10,13H,3,5,7-8H2/t13-/m0/s1. The molecule has 1 aliphatic rings. The molecule has 112 valence electrons. The number of aromatic nitrogens is 5. The van der Waals surface area contributed by atoms with E-state index in [1.807, 2.05) is 0 Å². The van der Waals surface area contributed by atoms with E-state index in [0.29, 0.717) is 22.9 Å². The lowest BCUT2D eigenvalue weighted by atomic mass is 9.91. The van der Waals surface area contributed by atoms with Crippen LogP contribution in [0.25, 0.3) is 0 Å². The molecule has 2 aromatic heterocycles. The topological polar surface area (TPSA) is 69.6 Å². The fourth-order valence-corrected chi connectivity index (χ4v) is 3.87. The van der Waals surface area contributed by atoms with Gasteiger partial charge in [0, 0.05) is 5.25 Å². The van der Waals surface area contributed by atoms with Crippen LogP contribution in [0.1, 0.15) is 35.1 Å². The molecule has 0 fully saturated rings. The van der Waals surface area contributed by atoms with Gasteiger partial charge in [0.15, 0.2) is 0 Å². The maximum atomic E-state index is 5.73. The van der Waals surface area contributed by atoms with Crippen LogP contribution in [-0.4, -0.2) is 25.0 Å². The third kappa shape index (κ3) is 2.76. The first kappa shape index (κ1) is 13.5. The lowest BCUT2D eigenvalue weighted by Gasteiger charge is -2.23. The average Bonchev–Trinajstić information content (AvgIpc) is 3.20. The Labute approximate surface area is 132 Å². The second-order valence-corrected chi connectivity index (χ2v) is 6.41. The Morgan fingerprint density at radius 1 is 1.27 bits per heavy atom. The summed E-state index contributed by atoms with van der Waals surface area (Å²) in [4.78, 5) is 3.90. The average molecular weight is 313 g/mol. The Hall–Kier alpha value is -2.15. The maximum Gasteiger partial charge on any atom is 0.277 e. The molecule has 7 heteroatoms. The first-order chi connectivity index (χ1) is 10.9.